The van der Waals surface area contributed by atoms with Crippen LogP contribution in [-0.2, 0) is 14.3 Å². The summed E-state index contributed by atoms with van der Waals surface area (Å²) in [6.07, 6.45) is 6.91. The Morgan fingerprint density at radius 3 is 2.63 bits per heavy atom. The Morgan fingerprint density at radius 2 is 1.95 bits per heavy atom. The molecule has 3 atom stereocenters. The predicted molar refractivity (Wildman–Crippen MR) is 69.7 cm³/mol. The molecule has 0 radical (unpaired) electrons. The van der Waals surface area contributed by atoms with Crippen LogP contribution in [-0.4, -0.2) is 35.7 Å². The van der Waals surface area contributed by atoms with Gasteiger partial charge in [0.25, 0.3) is 0 Å². The highest BCUT2D eigenvalue weighted by atomic mass is 16.5. The van der Waals surface area contributed by atoms with Crippen molar-refractivity contribution in [2.24, 2.45) is 5.92 Å². The lowest BCUT2D eigenvalue weighted by Gasteiger charge is -2.29. The number of carbonyl (C=O) groups is 2. The van der Waals surface area contributed by atoms with Crippen molar-refractivity contribution in [3.8, 4) is 0 Å². The summed E-state index contributed by atoms with van der Waals surface area (Å²) >= 11 is 0. The standard InChI is InChI=1S/C14H23NO4/c16-13(8-7-10-4-3-9-19-10)15-12-6-2-1-5-11(12)14(17)18/h10-12H,1-9H2,(H,15,16)(H,17,18). The molecule has 2 N–H and O–H groups in total. The Labute approximate surface area is 113 Å². The maximum atomic E-state index is 11.9. The molecule has 2 aliphatic rings. The van der Waals surface area contributed by atoms with Crippen molar-refractivity contribution in [3.05, 3.63) is 0 Å². The Morgan fingerprint density at radius 1 is 1.16 bits per heavy atom. The molecule has 1 saturated heterocycles. The first-order chi connectivity index (χ1) is 9.16. The van der Waals surface area contributed by atoms with E-state index in [1.165, 1.54) is 0 Å². The van der Waals surface area contributed by atoms with Crippen molar-refractivity contribution in [3.63, 3.8) is 0 Å². The van der Waals surface area contributed by atoms with Crippen LogP contribution in [0.15, 0.2) is 0 Å². The third-order valence-electron chi connectivity index (χ3n) is 4.15. The highest BCUT2D eigenvalue weighted by molar-refractivity contribution is 5.78. The van der Waals surface area contributed by atoms with Crippen LogP contribution in [0.2, 0.25) is 0 Å². The second-order valence-corrected chi connectivity index (χ2v) is 5.58. The van der Waals surface area contributed by atoms with Gasteiger partial charge < -0.3 is 15.2 Å². The molecule has 5 heteroatoms. The number of hydrogen-bond acceptors (Lipinski definition) is 3. The van der Waals surface area contributed by atoms with Gasteiger partial charge in [-0.1, -0.05) is 12.8 Å². The van der Waals surface area contributed by atoms with Gasteiger partial charge in [0.1, 0.15) is 0 Å². The van der Waals surface area contributed by atoms with E-state index < -0.39 is 11.9 Å². The fourth-order valence-electron chi connectivity index (χ4n) is 3.04. The summed E-state index contributed by atoms with van der Waals surface area (Å²) in [5, 5.41) is 12.1. The summed E-state index contributed by atoms with van der Waals surface area (Å²) in [4.78, 5) is 23.0. The normalized spacial score (nSPS) is 31.1. The van der Waals surface area contributed by atoms with E-state index in [1.807, 2.05) is 0 Å². The first-order valence-corrected chi connectivity index (χ1v) is 7.30. The number of carboxylic acids is 1. The van der Waals surface area contributed by atoms with E-state index in [0.717, 1.165) is 45.1 Å². The van der Waals surface area contributed by atoms with Crippen LogP contribution in [0.4, 0.5) is 0 Å². The van der Waals surface area contributed by atoms with Gasteiger partial charge >= 0.3 is 5.97 Å². The number of aliphatic carboxylic acids is 1. The van der Waals surface area contributed by atoms with E-state index in [9.17, 15) is 9.59 Å². The molecule has 0 bridgehead atoms. The Balaban J connectivity index is 1.74. The Kier molecular flexibility index (Phi) is 5.19. The van der Waals surface area contributed by atoms with Crippen LogP contribution in [0.25, 0.3) is 0 Å². The summed E-state index contributed by atoms with van der Waals surface area (Å²) in [6, 6.07) is -0.191. The quantitative estimate of drug-likeness (QED) is 0.796. The van der Waals surface area contributed by atoms with Crippen molar-refractivity contribution < 1.29 is 19.4 Å². The number of carbonyl (C=O) groups excluding carboxylic acids is 1. The van der Waals surface area contributed by atoms with Crippen molar-refractivity contribution in [2.45, 2.75) is 63.5 Å². The maximum absolute atomic E-state index is 11.9. The minimum atomic E-state index is -0.788. The SMILES string of the molecule is O=C(CCC1CCCO1)NC1CCCCC1C(=O)O. The zero-order valence-corrected chi connectivity index (χ0v) is 11.3. The molecule has 108 valence electrons. The third kappa shape index (κ3) is 4.20. The molecule has 1 amide bonds. The van der Waals surface area contributed by atoms with E-state index >= 15 is 0 Å². The van der Waals surface area contributed by atoms with Crippen LogP contribution in [0, 0.1) is 5.92 Å². The predicted octanol–water partition coefficient (Wildman–Crippen LogP) is 1.71. The van der Waals surface area contributed by atoms with Crippen LogP contribution >= 0.6 is 0 Å². The summed E-state index contributed by atoms with van der Waals surface area (Å²) in [6.45, 7) is 0.802. The van der Waals surface area contributed by atoms with E-state index in [1.54, 1.807) is 0 Å². The lowest BCUT2D eigenvalue weighted by molar-refractivity contribution is -0.144. The van der Waals surface area contributed by atoms with Crippen LogP contribution in [0.3, 0.4) is 0 Å². The molecule has 2 fully saturated rings. The molecular formula is C14H23NO4. The summed E-state index contributed by atoms with van der Waals surface area (Å²) in [7, 11) is 0. The first-order valence-electron chi connectivity index (χ1n) is 7.30. The molecule has 5 nitrogen and oxygen atoms in total. The molecule has 19 heavy (non-hydrogen) atoms. The average Bonchev–Trinajstić information content (AvgIpc) is 2.90. The van der Waals surface area contributed by atoms with Gasteiger partial charge in [-0.05, 0) is 32.1 Å². The van der Waals surface area contributed by atoms with E-state index in [0.29, 0.717) is 12.8 Å². The number of nitrogens with one attached hydrogen (secondary N) is 1. The van der Waals surface area contributed by atoms with E-state index in [4.69, 9.17) is 9.84 Å². The van der Waals surface area contributed by atoms with Gasteiger partial charge in [0, 0.05) is 19.1 Å². The molecule has 0 aromatic heterocycles. The highest BCUT2D eigenvalue weighted by Gasteiger charge is 2.31. The fraction of sp³-hybridized carbons (Fsp3) is 0.857. The summed E-state index contributed by atoms with van der Waals surface area (Å²) < 4.78 is 5.48. The Hall–Kier alpha value is -1.10. The third-order valence-corrected chi connectivity index (χ3v) is 4.15. The van der Waals surface area contributed by atoms with Crippen molar-refractivity contribution >= 4 is 11.9 Å². The average molecular weight is 269 g/mol. The second-order valence-electron chi connectivity index (χ2n) is 5.58. The first kappa shape index (κ1) is 14.3. The lowest BCUT2D eigenvalue weighted by Crippen LogP contribution is -2.45. The molecule has 3 unspecified atom stereocenters. The molecule has 0 aromatic rings. The number of ether oxygens (including phenoxy) is 1. The number of hydrogen-bond donors (Lipinski definition) is 2. The van der Waals surface area contributed by atoms with Crippen molar-refractivity contribution in [1.29, 1.82) is 0 Å². The van der Waals surface area contributed by atoms with Gasteiger partial charge in [-0.3, -0.25) is 9.59 Å². The van der Waals surface area contributed by atoms with Gasteiger partial charge in [0.05, 0.1) is 12.0 Å². The van der Waals surface area contributed by atoms with Gasteiger partial charge in [0.15, 0.2) is 0 Å². The number of carboxylic acid groups (broad SMARTS) is 1. The molecule has 2 rings (SSSR count). The van der Waals surface area contributed by atoms with Crippen LogP contribution < -0.4 is 5.32 Å². The smallest absolute Gasteiger partial charge is 0.308 e. The van der Waals surface area contributed by atoms with E-state index in [2.05, 4.69) is 5.32 Å². The topological polar surface area (TPSA) is 75.6 Å². The zero-order chi connectivity index (χ0) is 13.7. The molecule has 1 aliphatic heterocycles. The fourth-order valence-corrected chi connectivity index (χ4v) is 3.04. The minimum absolute atomic E-state index is 0.0337. The van der Waals surface area contributed by atoms with Gasteiger partial charge in [-0.15, -0.1) is 0 Å². The second kappa shape index (κ2) is 6.89. The molecule has 1 heterocycles. The molecular weight excluding hydrogens is 246 g/mol. The van der Waals surface area contributed by atoms with Gasteiger partial charge in [0.2, 0.25) is 5.91 Å². The lowest BCUT2D eigenvalue weighted by atomic mass is 9.84. The highest BCUT2D eigenvalue weighted by Crippen LogP contribution is 2.25. The van der Waals surface area contributed by atoms with Crippen molar-refractivity contribution in [1.82, 2.24) is 5.32 Å². The van der Waals surface area contributed by atoms with Crippen molar-refractivity contribution in [2.75, 3.05) is 6.61 Å². The molecule has 0 aromatic carbocycles. The zero-order valence-electron chi connectivity index (χ0n) is 11.3. The van der Waals surface area contributed by atoms with E-state index in [-0.39, 0.29) is 18.1 Å². The number of rotatable bonds is 5. The molecule has 1 saturated carbocycles. The van der Waals surface area contributed by atoms with Crippen LogP contribution in [0.5, 0.6) is 0 Å². The van der Waals surface area contributed by atoms with Gasteiger partial charge in [-0.25, -0.2) is 0 Å². The largest absolute Gasteiger partial charge is 0.481 e. The Bertz CT molecular complexity index is 325. The number of amides is 1. The minimum Gasteiger partial charge on any atom is -0.481 e. The summed E-state index contributed by atoms with van der Waals surface area (Å²) in [5.74, 6) is -1.24. The van der Waals surface area contributed by atoms with Gasteiger partial charge in [-0.2, -0.15) is 0 Å². The maximum Gasteiger partial charge on any atom is 0.308 e. The summed E-state index contributed by atoms with van der Waals surface area (Å²) in [5.41, 5.74) is 0. The monoisotopic (exact) mass is 269 g/mol. The molecule has 1 aliphatic carbocycles. The van der Waals surface area contributed by atoms with Crippen LogP contribution in [0.1, 0.15) is 51.4 Å². The molecule has 0 spiro atoms.